The molecule has 0 spiro atoms. The van der Waals surface area contributed by atoms with Gasteiger partial charge in [0.2, 0.25) is 0 Å². The lowest BCUT2D eigenvalue weighted by molar-refractivity contribution is 0.244. The highest BCUT2D eigenvalue weighted by molar-refractivity contribution is 5.76. The quantitative estimate of drug-likeness (QED) is 0.534. The van der Waals surface area contributed by atoms with Crippen LogP contribution in [0.3, 0.4) is 0 Å². The van der Waals surface area contributed by atoms with Gasteiger partial charge in [-0.1, -0.05) is 0 Å². The summed E-state index contributed by atoms with van der Waals surface area (Å²) in [6, 6.07) is 3.25. The molecular weight excluding hydrogens is 116 g/mol. The fraction of sp³-hybridized carbons (Fsp3) is 0.167. The van der Waals surface area contributed by atoms with Crippen LogP contribution in [0.2, 0.25) is 0 Å². The van der Waals surface area contributed by atoms with E-state index in [-0.39, 0.29) is 6.03 Å². The van der Waals surface area contributed by atoms with Crippen molar-refractivity contribution in [3.8, 4) is 0 Å². The van der Waals surface area contributed by atoms with Gasteiger partial charge < -0.3 is 5.32 Å². The lowest BCUT2D eigenvalue weighted by Gasteiger charge is -1.95. The van der Waals surface area contributed by atoms with E-state index in [0.29, 0.717) is 0 Å². The van der Waals surface area contributed by atoms with Crippen molar-refractivity contribution >= 4 is 6.03 Å². The van der Waals surface area contributed by atoms with Crippen molar-refractivity contribution in [1.29, 1.82) is 0 Å². The van der Waals surface area contributed by atoms with E-state index in [2.05, 4.69) is 11.5 Å². The molecule has 0 fully saturated rings. The largest absolute Gasteiger partial charge is 0.340 e. The molecule has 0 aliphatic carbocycles. The topological polar surface area (TPSA) is 34.0 Å². The Labute approximate surface area is 53.3 Å². The molecule has 3 nitrogen and oxygen atoms in total. The van der Waals surface area contributed by atoms with Crippen molar-refractivity contribution in [1.82, 2.24) is 9.88 Å². The summed E-state index contributed by atoms with van der Waals surface area (Å²) in [4.78, 5) is 10.7. The van der Waals surface area contributed by atoms with Crippen LogP contribution in [-0.2, 0) is 0 Å². The predicted octanol–water partition coefficient (Wildman–Crippen LogP) is 0.476. The highest BCUT2D eigenvalue weighted by atomic mass is 16.2. The Morgan fingerprint density at radius 1 is 1.78 bits per heavy atom. The third-order valence-electron chi connectivity index (χ3n) is 0.978. The summed E-state index contributed by atoms with van der Waals surface area (Å²) in [5.74, 6) is 0. The molecule has 0 atom stereocenters. The average Bonchev–Trinajstić information content (AvgIpc) is 2.37. The number of hydrogen-bond acceptors (Lipinski definition) is 1. The normalized spacial score (nSPS) is 9.00. The molecule has 1 N–H and O–H groups in total. The van der Waals surface area contributed by atoms with Gasteiger partial charge >= 0.3 is 6.03 Å². The third kappa shape index (κ3) is 1.10. The van der Waals surface area contributed by atoms with Gasteiger partial charge in [0.05, 0.1) is 6.20 Å². The standard InChI is InChI=1S/C6H7N2O/c1-7-6(9)8-4-2-3-5-8/h2-4H,1H3,(H,7,9). The first-order valence-corrected chi connectivity index (χ1v) is 2.61. The summed E-state index contributed by atoms with van der Waals surface area (Å²) < 4.78 is 1.35. The molecule has 9 heavy (non-hydrogen) atoms. The molecule has 0 unspecified atom stereocenters. The molecular formula is C6H7N2O. The van der Waals surface area contributed by atoms with E-state index >= 15 is 0 Å². The summed E-state index contributed by atoms with van der Waals surface area (Å²) >= 11 is 0. The van der Waals surface area contributed by atoms with Gasteiger partial charge in [-0.05, 0) is 12.1 Å². The Morgan fingerprint density at radius 3 is 3.00 bits per heavy atom. The van der Waals surface area contributed by atoms with Crippen molar-refractivity contribution < 1.29 is 4.79 Å². The monoisotopic (exact) mass is 123 g/mol. The van der Waals surface area contributed by atoms with Gasteiger partial charge in [0.15, 0.2) is 0 Å². The smallest absolute Gasteiger partial charge is 0.325 e. The molecule has 0 saturated carbocycles. The molecule has 0 aromatic carbocycles. The van der Waals surface area contributed by atoms with E-state index in [1.54, 1.807) is 25.4 Å². The minimum Gasteiger partial charge on any atom is -0.340 e. The van der Waals surface area contributed by atoms with Crippen LogP contribution in [0.1, 0.15) is 0 Å². The van der Waals surface area contributed by atoms with Crippen LogP contribution in [0.4, 0.5) is 4.79 Å². The first-order valence-electron chi connectivity index (χ1n) is 2.61. The van der Waals surface area contributed by atoms with E-state index < -0.39 is 0 Å². The second kappa shape index (κ2) is 2.35. The molecule has 0 aliphatic rings. The lowest BCUT2D eigenvalue weighted by atomic mass is 10.7. The Morgan fingerprint density at radius 2 is 2.56 bits per heavy atom. The van der Waals surface area contributed by atoms with Gasteiger partial charge in [-0.3, -0.25) is 4.57 Å². The number of hydrogen-bond donors (Lipinski definition) is 1. The van der Waals surface area contributed by atoms with Gasteiger partial charge in [0.25, 0.3) is 0 Å². The molecule has 0 bridgehead atoms. The van der Waals surface area contributed by atoms with Crippen molar-refractivity contribution in [2.24, 2.45) is 0 Å². The zero-order valence-corrected chi connectivity index (χ0v) is 5.09. The molecule has 1 aromatic rings. The van der Waals surface area contributed by atoms with E-state index in [9.17, 15) is 4.79 Å². The maximum atomic E-state index is 10.7. The van der Waals surface area contributed by atoms with Gasteiger partial charge in [-0.25, -0.2) is 4.79 Å². The SMILES string of the molecule is CNC(=O)n1[c]ccc1. The van der Waals surface area contributed by atoms with Gasteiger partial charge in [-0.15, -0.1) is 0 Å². The van der Waals surface area contributed by atoms with Crippen LogP contribution in [0.5, 0.6) is 0 Å². The van der Waals surface area contributed by atoms with Gasteiger partial charge in [0.1, 0.15) is 0 Å². The van der Waals surface area contributed by atoms with Crippen molar-refractivity contribution in [2.45, 2.75) is 0 Å². The molecule has 1 heterocycles. The zero-order chi connectivity index (χ0) is 6.69. The number of nitrogens with one attached hydrogen (secondary N) is 1. The van der Waals surface area contributed by atoms with Crippen LogP contribution < -0.4 is 5.32 Å². The zero-order valence-electron chi connectivity index (χ0n) is 5.09. The highest BCUT2D eigenvalue weighted by Crippen LogP contribution is 1.85. The molecule has 0 saturated heterocycles. The fourth-order valence-corrected chi connectivity index (χ4v) is 0.542. The fourth-order valence-electron chi connectivity index (χ4n) is 0.542. The van der Waals surface area contributed by atoms with E-state index in [0.717, 1.165) is 0 Å². The van der Waals surface area contributed by atoms with Gasteiger partial charge in [0, 0.05) is 13.2 Å². The van der Waals surface area contributed by atoms with Crippen LogP contribution in [0.25, 0.3) is 0 Å². The van der Waals surface area contributed by atoms with Gasteiger partial charge in [-0.2, -0.15) is 0 Å². The van der Waals surface area contributed by atoms with Crippen molar-refractivity contribution in [3.63, 3.8) is 0 Å². The number of aromatic nitrogens is 1. The molecule has 0 aliphatic heterocycles. The van der Waals surface area contributed by atoms with Crippen LogP contribution in [0.15, 0.2) is 18.3 Å². The molecule has 1 amide bonds. The Hall–Kier alpha value is -1.25. The molecule has 3 heteroatoms. The number of rotatable bonds is 0. The number of nitrogens with zero attached hydrogens (tertiary/aromatic N) is 1. The Balaban J connectivity index is 2.77. The molecule has 1 rings (SSSR count). The number of amides is 1. The van der Waals surface area contributed by atoms with Crippen LogP contribution in [-0.4, -0.2) is 17.6 Å². The van der Waals surface area contributed by atoms with E-state index in [1.165, 1.54) is 4.57 Å². The second-order valence-corrected chi connectivity index (χ2v) is 1.56. The number of carbonyl (C=O) groups excluding carboxylic acids is 1. The maximum absolute atomic E-state index is 10.7. The summed E-state index contributed by atoms with van der Waals surface area (Å²) in [6.45, 7) is 0. The molecule has 1 radical (unpaired) electrons. The van der Waals surface area contributed by atoms with Crippen molar-refractivity contribution in [3.05, 3.63) is 24.5 Å². The third-order valence-corrected chi connectivity index (χ3v) is 0.978. The lowest BCUT2D eigenvalue weighted by Crippen LogP contribution is -2.22. The summed E-state index contributed by atoms with van der Waals surface area (Å²) in [5.41, 5.74) is 0. The summed E-state index contributed by atoms with van der Waals surface area (Å²) in [6.07, 6.45) is 4.33. The number of carbonyl (C=O) groups is 1. The first kappa shape index (κ1) is 5.88. The second-order valence-electron chi connectivity index (χ2n) is 1.56. The maximum Gasteiger partial charge on any atom is 0.325 e. The summed E-state index contributed by atoms with van der Waals surface area (Å²) in [7, 11) is 1.58. The predicted molar refractivity (Wildman–Crippen MR) is 33.1 cm³/mol. The van der Waals surface area contributed by atoms with Crippen LogP contribution >= 0.6 is 0 Å². The minimum atomic E-state index is -0.167. The van der Waals surface area contributed by atoms with E-state index in [1.807, 2.05) is 0 Å². The molecule has 1 aromatic heterocycles. The summed E-state index contributed by atoms with van der Waals surface area (Å²) in [5, 5.41) is 2.46. The minimum absolute atomic E-state index is 0.167. The first-order chi connectivity index (χ1) is 4.34. The van der Waals surface area contributed by atoms with E-state index in [4.69, 9.17) is 0 Å². The average molecular weight is 123 g/mol. The van der Waals surface area contributed by atoms with Crippen LogP contribution in [0, 0.1) is 6.20 Å². The van der Waals surface area contributed by atoms with Crippen molar-refractivity contribution in [2.75, 3.05) is 7.05 Å². The Bertz CT molecular complexity index is 191. The highest BCUT2D eigenvalue weighted by Gasteiger charge is 1.95. The molecule has 47 valence electrons. The Kier molecular flexibility index (Phi) is 1.53.